The second-order valence-corrected chi connectivity index (χ2v) is 5.33. The average Bonchev–Trinajstić information content (AvgIpc) is 2.50. The molecule has 0 amide bonds. The Labute approximate surface area is 96.5 Å². The number of unbranched alkanes of at least 4 members (excludes halogenated alkanes) is 3. The molecule has 0 saturated carbocycles. The van der Waals surface area contributed by atoms with Gasteiger partial charge in [0, 0.05) is 24.7 Å². The molecule has 0 aliphatic carbocycles. The van der Waals surface area contributed by atoms with Gasteiger partial charge in [-0.1, -0.05) is 60.3 Å². The van der Waals surface area contributed by atoms with E-state index in [0.29, 0.717) is 0 Å². The molecule has 0 aromatic heterocycles. The third kappa shape index (κ3) is 5.66. The van der Waals surface area contributed by atoms with Crippen LogP contribution in [0.15, 0.2) is 11.5 Å². The van der Waals surface area contributed by atoms with Crippen molar-refractivity contribution >= 4 is 21.6 Å². The van der Waals surface area contributed by atoms with E-state index in [0.717, 1.165) is 5.25 Å². The standard InChI is InChI=1S/C9H16S2.Zn/c1-2-3-4-5-6-9-7-8-10-11-9;/h7-9H,2-6H2,1H3;. The second-order valence-electron chi connectivity index (χ2n) is 2.91. The van der Waals surface area contributed by atoms with Crippen molar-refractivity contribution in [1.82, 2.24) is 0 Å². The van der Waals surface area contributed by atoms with E-state index in [1.807, 2.05) is 21.6 Å². The Kier molecular flexibility index (Phi) is 9.42. The van der Waals surface area contributed by atoms with Gasteiger partial charge in [0.15, 0.2) is 0 Å². The van der Waals surface area contributed by atoms with Crippen LogP contribution in [0.1, 0.15) is 39.0 Å². The van der Waals surface area contributed by atoms with Crippen LogP contribution in [0.3, 0.4) is 0 Å². The van der Waals surface area contributed by atoms with E-state index in [1.165, 1.54) is 32.1 Å². The fraction of sp³-hybridized carbons (Fsp3) is 0.778. The van der Waals surface area contributed by atoms with Crippen LogP contribution < -0.4 is 0 Å². The molecule has 1 rings (SSSR count). The van der Waals surface area contributed by atoms with Crippen LogP contribution in [-0.2, 0) is 19.5 Å². The summed E-state index contributed by atoms with van der Waals surface area (Å²) >= 11 is 0. The number of hydrogen-bond donors (Lipinski definition) is 0. The zero-order chi connectivity index (χ0) is 7.94. The third-order valence-electron chi connectivity index (χ3n) is 1.87. The van der Waals surface area contributed by atoms with Gasteiger partial charge in [-0.3, -0.25) is 0 Å². The summed E-state index contributed by atoms with van der Waals surface area (Å²) < 4.78 is 0. The molecule has 0 nitrogen and oxygen atoms in total. The Hall–Kier alpha value is 1.06. The molecule has 0 aromatic rings. The third-order valence-corrected chi connectivity index (χ3v) is 4.30. The summed E-state index contributed by atoms with van der Waals surface area (Å²) in [6, 6.07) is 0. The monoisotopic (exact) mass is 252 g/mol. The van der Waals surface area contributed by atoms with E-state index in [1.54, 1.807) is 0 Å². The van der Waals surface area contributed by atoms with E-state index < -0.39 is 0 Å². The second kappa shape index (κ2) is 8.65. The molecule has 1 atom stereocenters. The van der Waals surface area contributed by atoms with Crippen molar-refractivity contribution < 1.29 is 19.5 Å². The van der Waals surface area contributed by atoms with Crippen LogP contribution in [0.5, 0.6) is 0 Å². The Morgan fingerprint density at radius 3 is 2.67 bits per heavy atom. The van der Waals surface area contributed by atoms with Gasteiger partial charge in [0.25, 0.3) is 0 Å². The molecule has 1 unspecified atom stereocenters. The molecular formula is C9H16S2Zn. The van der Waals surface area contributed by atoms with Crippen LogP contribution in [0.25, 0.3) is 0 Å². The van der Waals surface area contributed by atoms with Gasteiger partial charge in [-0.15, -0.1) is 0 Å². The van der Waals surface area contributed by atoms with Crippen LogP contribution in [0.4, 0.5) is 0 Å². The van der Waals surface area contributed by atoms with Crippen LogP contribution in [0.2, 0.25) is 0 Å². The van der Waals surface area contributed by atoms with Crippen molar-refractivity contribution in [2.24, 2.45) is 0 Å². The van der Waals surface area contributed by atoms with Crippen LogP contribution in [-0.4, -0.2) is 5.25 Å². The summed E-state index contributed by atoms with van der Waals surface area (Å²) in [7, 11) is 3.89. The van der Waals surface area contributed by atoms with Crippen molar-refractivity contribution in [2.75, 3.05) is 0 Å². The first-order valence-corrected chi connectivity index (χ1v) is 6.70. The quantitative estimate of drug-likeness (QED) is 0.409. The molecule has 0 N–H and O–H groups in total. The van der Waals surface area contributed by atoms with Gasteiger partial charge >= 0.3 is 0 Å². The Morgan fingerprint density at radius 2 is 2.08 bits per heavy atom. The minimum Gasteiger partial charge on any atom is -0.0819 e. The molecule has 0 saturated heterocycles. The van der Waals surface area contributed by atoms with Crippen molar-refractivity contribution in [3.8, 4) is 0 Å². The van der Waals surface area contributed by atoms with Gasteiger partial charge in [0.2, 0.25) is 0 Å². The van der Waals surface area contributed by atoms with Crippen molar-refractivity contribution in [2.45, 2.75) is 44.3 Å². The topological polar surface area (TPSA) is 0 Å². The fourth-order valence-corrected chi connectivity index (χ4v) is 3.43. The predicted molar refractivity (Wildman–Crippen MR) is 56.9 cm³/mol. The summed E-state index contributed by atoms with van der Waals surface area (Å²) in [5.41, 5.74) is 0. The molecular weight excluding hydrogens is 238 g/mol. The van der Waals surface area contributed by atoms with E-state index in [9.17, 15) is 0 Å². The SMILES string of the molecule is CCCCCCC1C=CSS1.[Zn]. The maximum atomic E-state index is 2.33. The maximum absolute atomic E-state index is 2.33. The molecule has 1 aliphatic heterocycles. The smallest absolute Gasteiger partial charge is 0.0342 e. The van der Waals surface area contributed by atoms with E-state index in [2.05, 4.69) is 18.4 Å². The van der Waals surface area contributed by atoms with Crippen LogP contribution >= 0.6 is 21.6 Å². The zero-order valence-corrected chi connectivity index (χ0v) is 12.4. The van der Waals surface area contributed by atoms with Crippen molar-refractivity contribution in [3.63, 3.8) is 0 Å². The first-order valence-electron chi connectivity index (χ1n) is 4.42. The fourth-order valence-electron chi connectivity index (χ4n) is 1.17. The molecule has 1 heterocycles. The minimum atomic E-state index is 0. The van der Waals surface area contributed by atoms with E-state index in [4.69, 9.17) is 0 Å². The summed E-state index contributed by atoms with van der Waals surface area (Å²) in [5, 5.41) is 3.03. The molecule has 0 fully saturated rings. The largest absolute Gasteiger partial charge is 0.0819 e. The first-order chi connectivity index (χ1) is 5.43. The van der Waals surface area contributed by atoms with Gasteiger partial charge in [0.1, 0.15) is 0 Å². The summed E-state index contributed by atoms with van der Waals surface area (Å²) in [6.07, 6.45) is 9.31. The normalized spacial score (nSPS) is 20.9. The van der Waals surface area contributed by atoms with Gasteiger partial charge in [-0.25, -0.2) is 0 Å². The molecule has 3 heteroatoms. The van der Waals surface area contributed by atoms with Crippen molar-refractivity contribution in [1.29, 1.82) is 0 Å². The summed E-state index contributed by atoms with van der Waals surface area (Å²) in [6.45, 7) is 2.26. The average molecular weight is 254 g/mol. The Bertz CT molecular complexity index is 126. The molecule has 0 bridgehead atoms. The van der Waals surface area contributed by atoms with E-state index >= 15 is 0 Å². The summed E-state index contributed by atoms with van der Waals surface area (Å²) in [4.78, 5) is 0. The molecule has 0 spiro atoms. The predicted octanol–water partition coefficient (Wildman–Crippen LogP) is 4.23. The molecule has 1 aliphatic rings. The molecule has 66 valence electrons. The zero-order valence-electron chi connectivity index (χ0n) is 7.79. The molecule has 0 radical (unpaired) electrons. The van der Waals surface area contributed by atoms with E-state index in [-0.39, 0.29) is 19.5 Å². The van der Waals surface area contributed by atoms with Gasteiger partial charge in [0.05, 0.1) is 0 Å². The molecule has 12 heavy (non-hydrogen) atoms. The summed E-state index contributed by atoms with van der Waals surface area (Å²) in [5.74, 6) is 0. The van der Waals surface area contributed by atoms with Crippen molar-refractivity contribution in [3.05, 3.63) is 11.5 Å². The molecule has 0 aromatic carbocycles. The maximum Gasteiger partial charge on any atom is 0.0342 e. The Morgan fingerprint density at radius 1 is 1.25 bits per heavy atom. The van der Waals surface area contributed by atoms with Crippen LogP contribution in [0, 0.1) is 0 Å². The van der Waals surface area contributed by atoms with Gasteiger partial charge < -0.3 is 0 Å². The number of rotatable bonds is 5. The first kappa shape index (κ1) is 13.1. The Balaban J connectivity index is 0.00000121. The van der Waals surface area contributed by atoms with Gasteiger partial charge in [-0.05, 0) is 11.8 Å². The van der Waals surface area contributed by atoms with Gasteiger partial charge in [-0.2, -0.15) is 0 Å². The minimum absolute atomic E-state index is 0. The number of hydrogen-bond acceptors (Lipinski definition) is 2.